The maximum Gasteiger partial charge on any atom is 0.0462 e. The average molecular weight is 866 g/mol. The molecule has 0 aliphatic carbocycles. The first-order valence-corrected chi connectivity index (χ1v) is 23.6. The Bertz CT molecular complexity index is 2810. The van der Waals surface area contributed by atoms with Gasteiger partial charge in [0.2, 0.25) is 0 Å². The normalized spacial score (nSPS) is 11.0. The molecule has 0 aliphatic heterocycles. The lowest BCUT2D eigenvalue weighted by Gasteiger charge is -2.26. The molecule has 0 amide bonds. The van der Waals surface area contributed by atoms with Gasteiger partial charge in [-0.2, -0.15) is 0 Å². The van der Waals surface area contributed by atoms with Gasteiger partial charge in [0.1, 0.15) is 0 Å². The molecule has 0 aromatic heterocycles. The largest absolute Gasteiger partial charge is 0.311 e. The van der Waals surface area contributed by atoms with Crippen LogP contribution in [0.25, 0.3) is 23.3 Å². The van der Waals surface area contributed by atoms with Gasteiger partial charge in [-0.1, -0.05) is 215 Å². The molecule has 0 heterocycles. The van der Waals surface area contributed by atoms with Crippen molar-refractivity contribution in [2.75, 3.05) is 4.90 Å². The van der Waals surface area contributed by atoms with Crippen molar-refractivity contribution in [3.63, 3.8) is 0 Å². The number of rotatable bonds is 13. The summed E-state index contributed by atoms with van der Waals surface area (Å²) in [5, 5.41) is 0. The molecule has 9 aromatic rings. The third-order valence-electron chi connectivity index (χ3n) is 13.0. The Morgan fingerprint density at radius 2 is 0.567 bits per heavy atom. The van der Waals surface area contributed by atoms with E-state index in [0.29, 0.717) is 0 Å². The summed E-state index contributed by atoms with van der Waals surface area (Å²) in [5.41, 5.74) is 24.4. The molecule has 0 atom stereocenters. The summed E-state index contributed by atoms with van der Waals surface area (Å²) in [4.78, 5) is 2.38. The first-order chi connectivity index (χ1) is 32.6. The van der Waals surface area contributed by atoms with E-state index in [-0.39, 0.29) is 5.92 Å². The van der Waals surface area contributed by atoms with Crippen molar-refractivity contribution in [2.24, 2.45) is 0 Å². The lowest BCUT2D eigenvalue weighted by Crippen LogP contribution is -2.10. The summed E-state index contributed by atoms with van der Waals surface area (Å²) in [6.45, 7) is 12.9. The van der Waals surface area contributed by atoms with Gasteiger partial charge in [-0.3, -0.25) is 0 Å². The highest BCUT2D eigenvalue weighted by Gasteiger charge is 2.18. The van der Waals surface area contributed by atoms with Gasteiger partial charge in [0, 0.05) is 23.0 Å². The third-order valence-corrected chi connectivity index (χ3v) is 13.0. The summed E-state index contributed by atoms with van der Waals surface area (Å²) < 4.78 is 0. The van der Waals surface area contributed by atoms with E-state index in [1.54, 1.807) is 0 Å². The first kappa shape index (κ1) is 44.5. The molecule has 328 valence electrons. The molecule has 9 aromatic carbocycles. The number of anilines is 3. The predicted molar refractivity (Wildman–Crippen MR) is 288 cm³/mol. The van der Waals surface area contributed by atoms with Crippen molar-refractivity contribution >= 4 is 40.4 Å². The van der Waals surface area contributed by atoms with Crippen molar-refractivity contribution < 1.29 is 0 Å². The molecule has 0 bridgehead atoms. The molecular formula is C66H59N. The molecule has 0 N–H and O–H groups in total. The molecule has 1 heteroatoms. The molecule has 0 fully saturated rings. The molecule has 0 saturated heterocycles. The van der Waals surface area contributed by atoms with Crippen LogP contribution in [0.4, 0.5) is 17.1 Å². The average Bonchev–Trinajstić information content (AvgIpc) is 3.35. The second-order valence-electron chi connectivity index (χ2n) is 18.3. The van der Waals surface area contributed by atoms with Crippen LogP contribution in [0.3, 0.4) is 0 Å². The van der Waals surface area contributed by atoms with Crippen LogP contribution in [0.5, 0.6) is 0 Å². The SMILES string of the molecule is Cc1ccc(C(=Cc2ccc(N(c3ccc(C=C(c4ccc(C)cc4)c4ccc(C)cc4)cc3)c3ccc(CC(c4ccc(C)cc4)c4ccc(C)cc4)cc3)cc2)c2ccc(C)cc2)cc1. The van der Waals surface area contributed by atoms with Gasteiger partial charge in [-0.05, 0) is 158 Å². The summed E-state index contributed by atoms with van der Waals surface area (Å²) in [6, 6.07) is 80.8. The Balaban J connectivity index is 1.09. The van der Waals surface area contributed by atoms with Gasteiger partial charge < -0.3 is 4.90 Å². The van der Waals surface area contributed by atoms with Crippen LogP contribution >= 0.6 is 0 Å². The number of nitrogens with zero attached hydrogens (tertiary/aromatic N) is 1. The molecule has 0 unspecified atom stereocenters. The third kappa shape index (κ3) is 10.9. The predicted octanol–water partition coefficient (Wildman–Crippen LogP) is 17.6. The Morgan fingerprint density at radius 3 is 0.851 bits per heavy atom. The van der Waals surface area contributed by atoms with Gasteiger partial charge in [-0.15, -0.1) is 0 Å². The fraction of sp³-hybridized carbons (Fsp3) is 0.121. The van der Waals surface area contributed by atoms with Crippen LogP contribution in [0.2, 0.25) is 0 Å². The molecule has 9 rings (SSSR count). The second kappa shape index (κ2) is 20.2. The quantitative estimate of drug-likeness (QED) is 0.104. The first-order valence-electron chi connectivity index (χ1n) is 23.6. The van der Waals surface area contributed by atoms with Crippen LogP contribution in [0.15, 0.2) is 218 Å². The Hall–Kier alpha value is -7.74. The fourth-order valence-electron chi connectivity index (χ4n) is 8.86. The molecule has 67 heavy (non-hydrogen) atoms. The van der Waals surface area contributed by atoms with Crippen LogP contribution in [0, 0.1) is 41.5 Å². The highest BCUT2D eigenvalue weighted by Crippen LogP contribution is 2.38. The molecular weight excluding hydrogens is 807 g/mol. The molecule has 0 saturated carbocycles. The zero-order valence-electron chi connectivity index (χ0n) is 39.7. The zero-order chi connectivity index (χ0) is 46.3. The maximum atomic E-state index is 2.38. The molecule has 0 spiro atoms. The van der Waals surface area contributed by atoms with E-state index in [2.05, 4.69) is 277 Å². The van der Waals surface area contributed by atoms with Crippen molar-refractivity contribution in [1.29, 1.82) is 0 Å². The monoisotopic (exact) mass is 865 g/mol. The van der Waals surface area contributed by atoms with Crippen molar-refractivity contribution in [3.05, 3.63) is 302 Å². The number of aryl methyl sites for hydroxylation is 6. The molecule has 0 radical (unpaired) electrons. The number of hydrogen-bond donors (Lipinski definition) is 0. The molecule has 0 aliphatic rings. The van der Waals surface area contributed by atoms with Crippen molar-refractivity contribution in [3.8, 4) is 0 Å². The lowest BCUT2D eigenvalue weighted by atomic mass is 9.85. The molecule has 1 nitrogen and oxygen atoms in total. The van der Waals surface area contributed by atoms with Crippen LogP contribution in [-0.4, -0.2) is 0 Å². The van der Waals surface area contributed by atoms with Crippen LogP contribution in [0.1, 0.15) is 89.4 Å². The topological polar surface area (TPSA) is 3.24 Å². The summed E-state index contributed by atoms with van der Waals surface area (Å²) in [6.07, 6.45) is 5.54. The Morgan fingerprint density at radius 1 is 0.313 bits per heavy atom. The second-order valence-corrected chi connectivity index (χ2v) is 18.3. The van der Waals surface area contributed by atoms with Gasteiger partial charge in [0.25, 0.3) is 0 Å². The standard InChI is InChI=1S/C66H59N/c1-46-7-25-55(26-8-46)64(56-27-9-47(2)10-28-56)43-52-19-37-61(38-20-52)67(62-39-21-53(22-40-62)44-65(57-29-11-48(3)12-30-57)58-31-13-49(4)14-32-58)63-41-23-54(24-42-63)45-66(59-33-15-50(5)16-34-59)60-35-17-51(6)18-36-60/h7-44,66H,45H2,1-6H3. The van der Waals surface area contributed by atoms with Gasteiger partial charge in [-0.25, -0.2) is 0 Å². The van der Waals surface area contributed by atoms with E-state index in [0.717, 1.165) is 34.6 Å². The van der Waals surface area contributed by atoms with E-state index < -0.39 is 0 Å². The minimum atomic E-state index is 0.249. The minimum Gasteiger partial charge on any atom is -0.311 e. The summed E-state index contributed by atoms with van der Waals surface area (Å²) >= 11 is 0. The van der Waals surface area contributed by atoms with E-state index in [9.17, 15) is 0 Å². The van der Waals surface area contributed by atoms with Crippen LogP contribution in [-0.2, 0) is 6.42 Å². The maximum absolute atomic E-state index is 2.38. The van der Waals surface area contributed by atoms with Crippen LogP contribution < -0.4 is 4.90 Å². The van der Waals surface area contributed by atoms with E-state index in [1.807, 2.05) is 0 Å². The van der Waals surface area contributed by atoms with Gasteiger partial charge >= 0.3 is 0 Å². The fourth-order valence-corrected chi connectivity index (χ4v) is 8.86. The minimum absolute atomic E-state index is 0.249. The van der Waals surface area contributed by atoms with Gasteiger partial charge in [0.05, 0.1) is 0 Å². The number of benzene rings is 9. The van der Waals surface area contributed by atoms with E-state index in [1.165, 1.54) is 83.5 Å². The van der Waals surface area contributed by atoms with Gasteiger partial charge in [0.15, 0.2) is 0 Å². The van der Waals surface area contributed by atoms with E-state index >= 15 is 0 Å². The Labute approximate surface area is 399 Å². The summed E-state index contributed by atoms with van der Waals surface area (Å²) in [5.74, 6) is 0.249. The highest BCUT2D eigenvalue weighted by molar-refractivity contribution is 5.93. The number of hydrogen-bond acceptors (Lipinski definition) is 1. The smallest absolute Gasteiger partial charge is 0.0462 e. The van der Waals surface area contributed by atoms with E-state index in [4.69, 9.17) is 0 Å². The Kier molecular flexibility index (Phi) is 13.4. The lowest BCUT2D eigenvalue weighted by molar-refractivity contribution is 0.804. The van der Waals surface area contributed by atoms with Crippen molar-refractivity contribution in [2.45, 2.75) is 53.9 Å². The van der Waals surface area contributed by atoms with Crippen molar-refractivity contribution in [1.82, 2.24) is 0 Å². The zero-order valence-corrected chi connectivity index (χ0v) is 39.7. The summed E-state index contributed by atoms with van der Waals surface area (Å²) in [7, 11) is 0. The highest BCUT2D eigenvalue weighted by atomic mass is 15.1.